The first-order chi connectivity index (χ1) is 7.91. The molecule has 0 saturated carbocycles. The van der Waals surface area contributed by atoms with Crippen molar-refractivity contribution in [3.05, 3.63) is 36.5 Å². The van der Waals surface area contributed by atoms with Gasteiger partial charge < -0.3 is 5.11 Å². The first-order valence-electron chi connectivity index (χ1n) is 6.47. The van der Waals surface area contributed by atoms with E-state index >= 15 is 0 Å². The second-order valence-electron chi connectivity index (χ2n) is 3.87. The Kier molecular flexibility index (Phi) is 13.5. The lowest BCUT2D eigenvalue weighted by Gasteiger charge is -1.93. The zero-order valence-corrected chi connectivity index (χ0v) is 10.6. The van der Waals surface area contributed by atoms with E-state index in [1.54, 1.807) is 0 Å². The highest BCUT2D eigenvalue weighted by molar-refractivity contribution is 4.96. The summed E-state index contributed by atoms with van der Waals surface area (Å²) in [5.74, 6) is 0. The Morgan fingerprint density at radius 2 is 1.38 bits per heavy atom. The third-order valence-corrected chi connectivity index (χ3v) is 2.31. The number of allylic oxidation sites excluding steroid dienone is 6. The largest absolute Gasteiger partial charge is 0.396 e. The fourth-order valence-corrected chi connectivity index (χ4v) is 1.38. The van der Waals surface area contributed by atoms with E-state index < -0.39 is 0 Å². The van der Waals surface area contributed by atoms with E-state index in [9.17, 15) is 0 Å². The van der Waals surface area contributed by atoms with Gasteiger partial charge >= 0.3 is 0 Å². The van der Waals surface area contributed by atoms with Crippen molar-refractivity contribution in [1.29, 1.82) is 0 Å². The number of unbranched alkanes of at least 4 members (excludes halogenated alkanes) is 3. The van der Waals surface area contributed by atoms with Crippen molar-refractivity contribution in [3.8, 4) is 0 Å². The minimum Gasteiger partial charge on any atom is -0.396 e. The van der Waals surface area contributed by atoms with Crippen LogP contribution in [0.15, 0.2) is 36.5 Å². The number of rotatable bonds is 10. The SMILES string of the molecule is CCC=CCC=CCC=CCCCCCO. The van der Waals surface area contributed by atoms with Crippen LogP contribution in [-0.4, -0.2) is 11.7 Å². The Hall–Kier alpha value is -0.820. The van der Waals surface area contributed by atoms with Crippen LogP contribution in [0.5, 0.6) is 0 Å². The van der Waals surface area contributed by atoms with Gasteiger partial charge in [0.25, 0.3) is 0 Å². The van der Waals surface area contributed by atoms with E-state index in [0.717, 1.165) is 38.5 Å². The summed E-state index contributed by atoms with van der Waals surface area (Å²) in [6, 6.07) is 0. The van der Waals surface area contributed by atoms with Crippen molar-refractivity contribution in [2.24, 2.45) is 0 Å². The van der Waals surface area contributed by atoms with Crippen molar-refractivity contribution in [1.82, 2.24) is 0 Å². The number of aliphatic hydroxyl groups excluding tert-OH is 1. The van der Waals surface area contributed by atoms with Gasteiger partial charge in [-0.1, -0.05) is 49.8 Å². The van der Waals surface area contributed by atoms with Crippen LogP contribution in [0.4, 0.5) is 0 Å². The molecule has 16 heavy (non-hydrogen) atoms. The summed E-state index contributed by atoms with van der Waals surface area (Å²) in [6.45, 7) is 2.48. The van der Waals surface area contributed by atoms with Gasteiger partial charge in [0.15, 0.2) is 0 Å². The van der Waals surface area contributed by atoms with Crippen molar-refractivity contribution in [2.75, 3.05) is 6.61 Å². The average Bonchev–Trinajstić information content (AvgIpc) is 2.31. The van der Waals surface area contributed by atoms with Gasteiger partial charge in [0, 0.05) is 6.61 Å². The molecule has 0 unspecified atom stereocenters. The molecule has 0 aromatic carbocycles. The zero-order valence-electron chi connectivity index (χ0n) is 10.6. The molecule has 0 rings (SSSR count). The van der Waals surface area contributed by atoms with Crippen molar-refractivity contribution < 1.29 is 5.11 Å². The number of hydrogen-bond acceptors (Lipinski definition) is 1. The van der Waals surface area contributed by atoms with E-state index in [2.05, 4.69) is 43.4 Å². The van der Waals surface area contributed by atoms with Gasteiger partial charge in [-0.05, 0) is 38.5 Å². The highest BCUT2D eigenvalue weighted by Crippen LogP contribution is 2.00. The lowest BCUT2D eigenvalue weighted by Crippen LogP contribution is -1.81. The molecule has 1 nitrogen and oxygen atoms in total. The Morgan fingerprint density at radius 3 is 2.00 bits per heavy atom. The normalized spacial score (nSPS) is 12.4. The molecule has 0 aliphatic carbocycles. The summed E-state index contributed by atoms with van der Waals surface area (Å²) < 4.78 is 0. The van der Waals surface area contributed by atoms with Gasteiger partial charge in [-0.3, -0.25) is 0 Å². The summed E-state index contributed by atoms with van der Waals surface area (Å²) in [4.78, 5) is 0. The maximum atomic E-state index is 8.59. The summed E-state index contributed by atoms with van der Waals surface area (Å²) in [5, 5.41) is 8.59. The van der Waals surface area contributed by atoms with E-state index in [0.29, 0.717) is 6.61 Å². The molecule has 1 N–H and O–H groups in total. The summed E-state index contributed by atoms with van der Waals surface area (Å²) >= 11 is 0. The summed E-state index contributed by atoms with van der Waals surface area (Å²) in [6.07, 6.45) is 20.9. The minimum absolute atomic E-state index is 0.331. The Bertz CT molecular complexity index is 201. The van der Waals surface area contributed by atoms with Crippen LogP contribution in [-0.2, 0) is 0 Å². The molecule has 0 aliphatic heterocycles. The van der Waals surface area contributed by atoms with Crippen molar-refractivity contribution >= 4 is 0 Å². The third-order valence-electron chi connectivity index (χ3n) is 2.31. The van der Waals surface area contributed by atoms with Crippen molar-refractivity contribution in [2.45, 2.75) is 51.9 Å². The third kappa shape index (κ3) is 13.2. The highest BCUT2D eigenvalue weighted by Gasteiger charge is 1.84. The second-order valence-corrected chi connectivity index (χ2v) is 3.87. The fourth-order valence-electron chi connectivity index (χ4n) is 1.38. The number of aliphatic hydroxyl groups is 1. The van der Waals surface area contributed by atoms with Gasteiger partial charge in [0.2, 0.25) is 0 Å². The molecule has 0 bridgehead atoms. The molecule has 0 heterocycles. The molecule has 92 valence electrons. The van der Waals surface area contributed by atoms with Crippen molar-refractivity contribution in [3.63, 3.8) is 0 Å². The maximum Gasteiger partial charge on any atom is 0.0431 e. The lowest BCUT2D eigenvalue weighted by atomic mass is 10.2. The first kappa shape index (κ1) is 15.2. The van der Waals surface area contributed by atoms with Crippen LogP contribution in [0.25, 0.3) is 0 Å². The first-order valence-corrected chi connectivity index (χ1v) is 6.47. The summed E-state index contributed by atoms with van der Waals surface area (Å²) in [5.41, 5.74) is 0. The molecule has 0 aromatic rings. The van der Waals surface area contributed by atoms with Crippen LogP contribution in [0.3, 0.4) is 0 Å². The van der Waals surface area contributed by atoms with Gasteiger partial charge in [-0.25, -0.2) is 0 Å². The molecule has 0 fully saturated rings. The quantitative estimate of drug-likeness (QED) is 0.429. The molecular weight excluding hydrogens is 196 g/mol. The summed E-state index contributed by atoms with van der Waals surface area (Å²) in [7, 11) is 0. The predicted octanol–water partition coefficient (Wildman–Crippen LogP) is 4.40. The van der Waals surface area contributed by atoms with Gasteiger partial charge in [0.1, 0.15) is 0 Å². The van der Waals surface area contributed by atoms with E-state index in [4.69, 9.17) is 5.11 Å². The highest BCUT2D eigenvalue weighted by atomic mass is 16.2. The molecule has 0 atom stereocenters. The van der Waals surface area contributed by atoms with Gasteiger partial charge in [-0.2, -0.15) is 0 Å². The van der Waals surface area contributed by atoms with Crippen LogP contribution in [0.2, 0.25) is 0 Å². The van der Waals surface area contributed by atoms with Crippen LogP contribution in [0, 0.1) is 0 Å². The molecule has 0 spiro atoms. The Balaban J connectivity index is 3.23. The van der Waals surface area contributed by atoms with Gasteiger partial charge in [0.05, 0.1) is 0 Å². The van der Waals surface area contributed by atoms with Gasteiger partial charge in [-0.15, -0.1) is 0 Å². The molecule has 0 radical (unpaired) electrons. The van der Waals surface area contributed by atoms with Crippen LogP contribution < -0.4 is 0 Å². The average molecular weight is 222 g/mol. The Labute approximate surface area is 101 Å². The molecule has 0 aliphatic rings. The predicted molar refractivity (Wildman–Crippen MR) is 72.5 cm³/mol. The second kappa shape index (κ2) is 14.2. The lowest BCUT2D eigenvalue weighted by molar-refractivity contribution is 0.283. The van der Waals surface area contributed by atoms with Crippen LogP contribution in [0.1, 0.15) is 51.9 Å². The minimum atomic E-state index is 0.331. The van der Waals surface area contributed by atoms with Crippen LogP contribution >= 0.6 is 0 Å². The molecule has 0 aromatic heterocycles. The van der Waals surface area contributed by atoms with E-state index in [-0.39, 0.29) is 0 Å². The standard InChI is InChI=1S/C15H26O/c1-2-3-4-5-6-7-8-9-10-11-12-13-14-15-16/h3-4,6-7,9-10,16H,2,5,8,11-15H2,1H3. The molecular formula is C15H26O. The smallest absolute Gasteiger partial charge is 0.0431 e. The zero-order chi connectivity index (χ0) is 11.9. The maximum absolute atomic E-state index is 8.59. The molecule has 1 heteroatoms. The monoisotopic (exact) mass is 222 g/mol. The number of hydrogen-bond donors (Lipinski definition) is 1. The van der Waals surface area contributed by atoms with E-state index in [1.807, 2.05) is 0 Å². The fraction of sp³-hybridized carbons (Fsp3) is 0.600. The van der Waals surface area contributed by atoms with E-state index in [1.165, 1.54) is 6.42 Å². The molecule has 0 saturated heterocycles. The molecule has 0 amide bonds. The Morgan fingerprint density at radius 1 is 0.750 bits per heavy atom. The topological polar surface area (TPSA) is 20.2 Å².